The van der Waals surface area contributed by atoms with Crippen LogP contribution >= 0.6 is 23.2 Å². The van der Waals surface area contributed by atoms with E-state index in [-0.39, 0.29) is 5.91 Å². The Morgan fingerprint density at radius 2 is 1.68 bits per heavy atom. The van der Waals surface area contributed by atoms with Crippen molar-refractivity contribution in [2.45, 2.75) is 6.17 Å². The number of hydrogen-bond acceptors (Lipinski definition) is 3. The van der Waals surface area contributed by atoms with Crippen molar-refractivity contribution in [3.63, 3.8) is 0 Å². The highest BCUT2D eigenvalue weighted by atomic mass is 35.5. The van der Waals surface area contributed by atoms with E-state index >= 15 is 0 Å². The fourth-order valence-electron chi connectivity index (χ4n) is 2.97. The summed E-state index contributed by atoms with van der Waals surface area (Å²) in [5.41, 5.74) is 2.76. The van der Waals surface area contributed by atoms with Gasteiger partial charge in [0.2, 0.25) is 0 Å². The van der Waals surface area contributed by atoms with Gasteiger partial charge < -0.3 is 5.32 Å². The van der Waals surface area contributed by atoms with Crippen molar-refractivity contribution >= 4 is 40.5 Å². The number of pyridine rings is 1. The van der Waals surface area contributed by atoms with E-state index in [4.69, 9.17) is 23.2 Å². The number of fused-ring (bicyclic) bond motifs is 1. The van der Waals surface area contributed by atoms with E-state index in [1.165, 1.54) is 0 Å². The molecular formula is C19H13Cl2N3O. The first-order chi connectivity index (χ1) is 12.1. The number of aromatic nitrogens is 1. The van der Waals surface area contributed by atoms with Crippen LogP contribution < -0.4 is 10.2 Å². The largest absolute Gasteiger partial charge is 0.360 e. The summed E-state index contributed by atoms with van der Waals surface area (Å²) in [6, 6.07) is 18.2. The molecule has 0 saturated heterocycles. The molecule has 4 nitrogen and oxygen atoms in total. The first-order valence-electron chi connectivity index (χ1n) is 7.69. The van der Waals surface area contributed by atoms with Crippen molar-refractivity contribution < 1.29 is 4.79 Å². The monoisotopic (exact) mass is 369 g/mol. The fourth-order valence-corrected chi connectivity index (χ4v) is 3.49. The van der Waals surface area contributed by atoms with Gasteiger partial charge in [0.1, 0.15) is 0 Å². The molecule has 0 bridgehead atoms. The highest BCUT2D eigenvalue weighted by Crippen LogP contribution is 2.37. The fraction of sp³-hybridized carbons (Fsp3) is 0.0526. The van der Waals surface area contributed by atoms with Crippen LogP contribution in [0.4, 0.5) is 11.4 Å². The SMILES string of the molecule is O=C1c2cccnc2C(Nc2cc(Cl)cc(Cl)c2)N1c1ccccc1. The zero-order chi connectivity index (χ0) is 17.4. The highest BCUT2D eigenvalue weighted by Gasteiger charge is 2.38. The molecule has 25 heavy (non-hydrogen) atoms. The minimum absolute atomic E-state index is 0.0973. The van der Waals surface area contributed by atoms with Crippen LogP contribution in [0.2, 0.25) is 10.0 Å². The molecule has 1 amide bonds. The molecule has 1 aromatic heterocycles. The first kappa shape index (κ1) is 15.9. The average Bonchev–Trinajstić information content (AvgIpc) is 2.87. The Labute approximate surface area is 155 Å². The van der Waals surface area contributed by atoms with E-state index < -0.39 is 6.17 Å². The molecule has 0 aliphatic carbocycles. The molecule has 4 rings (SSSR count). The van der Waals surface area contributed by atoms with E-state index in [0.29, 0.717) is 21.3 Å². The molecular weight excluding hydrogens is 357 g/mol. The Morgan fingerprint density at radius 3 is 2.40 bits per heavy atom. The van der Waals surface area contributed by atoms with Gasteiger partial charge in [0.05, 0.1) is 11.3 Å². The third-order valence-electron chi connectivity index (χ3n) is 4.01. The Morgan fingerprint density at radius 1 is 0.960 bits per heavy atom. The number of nitrogens with one attached hydrogen (secondary N) is 1. The van der Waals surface area contributed by atoms with Gasteiger partial charge in [0.25, 0.3) is 5.91 Å². The number of rotatable bonds is 3. The summed E-state index contributed by atoms with van der Waals surface area (Å²) in [6.45, 7) is 0. The van der Waals surface area contributed by atoms with Crippen molar-refractivity contribution in [3.05, 3.63) is 88.2 Å². The van der Waals surface area contributed by atoms with Crippen molar-refractivity contribution in [3.8, 4) is 0 Å². The maximum Gasteiger partial charge on any atom is 0.262 e. The standard InChI is InChI=1S/C19H13Cl2N3O/c20-12-9-13(21)11-14(10-12)23-18-17-16(7-4-8-22-17)19(25)24(18)15-5-2-1-3-6-15/h1-11,18,23H. The number of anilines is 2. The lowest BCUT2D eigenvalue weighted by molar-refractivity contribution is 0.0993. The van der Waals surface area contributed by atoms with Crippen LogP contribution in [-0.2, 0) is 0 Å². The van der Waals surface area contributed by atoms with Crippen LogP contribution in [0.3, 0.4) is 0 Å². The minimum Gasteiger partial charge on any atom is -0.360 e. The zero-order valence-electron chi connectivity index (χ0n) is 13.0. The Hall–Kier alpha value is -2.56. The number of carbonyl (C=O) groups excluding carboxylic acids is 1. The third kappa shape index (κ3) is 2.95. The van der Waals surface area contributed by atoms with Gasteiger partial charge in [0.15, 0.2) is 6.17 Å². The summed E-state index contributed by atoms with van der Waals surface area (Å²) in [7, 11) is 0. The zero-order valence-corrected chi connectivity index (χ0v) is 14.5. The van der Waals surface area contributed by atoms with Gasteiger partial charge in [-0.3, -0.25) is 14.7 Å². The van der Waals surface area contributed by atoms with E-state index in [2.05, 4.69) is 10.3 Å². The molecule has 0 spiro atoms. The van der Waals surface area contributed by atoms with Gasteiger partial charge in [-0.15, -0.1) is 0 Å². The predicted octanol–water partition coefficient (Wildman–Crippen LogP) is 5.16. The quantitative estimate of drug-likeness (QED) is 0.693. The second-order valence-corrected chi connectivity index (χ2v) is 6.52. The van der Waals surface area contributed by atoms with E-state index in [1.807, 2.05) is 30.3 Å². The lowest BCUT2D eigenvalue weighted by atomic mass is 10.2. The van der Waals surface area contributed by atoms with Gasteiger partial charge >= 0.3 is 0 Å². The van der Waals surface area contributed by atoms with E-state index in [9.17, 15) is 4.79 Å². The number of benzene rings is 2. The average molecular weight is 370 g/mol. The number of carbonyl (C=O) groups is 1. The predicted molar refractivity (Wildman–Crippen MR) is 100 cm³/mol. The lowest BCUT2D eigenvalue weighted by Gasteiger charge is -2.26. The van der Waals surface area contributed by atoms with Crippen molar-refractivity contribution in [1.29, 1.82) is 0 Å². The summed E-state index contributed by atoms with van der Waals surface area (Å²) in [5, 5.41) is 4.37. The molecule has 6 heteroatoms. The minimum atomic E-state index is -0.444. The van der Waals surface area contributed by atoms with Crippen LogP contribution in [0.15, 0.2) is 66.9 Å². The van der Waals surface area contributed by atoms with Crippen LogP contribution in [0.5, 0.6) is 0 Å². The maximum atomic E-state index is 12.9. The lowest BCUT2D eigenvalue weighted by Crippen LogP contribution is -2.32. The number of para-hydroxylation sites is 1. The number of amides is 1. The molecule has 0 fully saturated rings. The van der Waals surface area contributed by atoms with Gasteiger partial charge in [0, 0.05) is 27.6 Å². The van der Waals surface area contributed by atoms with Crippen molar-refractivity contribution in [1.82, 2.24) is 4.98 Å². The molecule has 124 valence electrons. The molecule has 1 atom stereocenters. The molecule has 1 N–H and O–H groups in total. The summed E-state index contributed by atoms with van der Waals surface area (Å²) >= 11 is 12.2. The second kappa shape index (κ2) is 6.39. The molecule has 3 aromatic rings. The molecule has 2 aromatic carbocycles. The second-order valence-electron chi connectivity index (χ2n) is 5.65. The third-order valence-corrected chi connectivity index (χ3v) is 4.44. The summed E-state index contributed by atoms with van der Waals surface area (Å²) in [4.78, 5) is 19.0. The first-order valence-corrected chi connectivity index (χ1v) is 8.45. The Bertz CT molecular complexity index is 926. The molecule has 2 heterocycles. The molecule has 1 unspecified atom stereocenters. The molecule has 1 aliphatic rings. The van der Waals surface area contributed by atoms with Crippen molar-refractivity contribution in [2.24, 2.45) is 0 Å². The van der Waals surface area contributed by atoms with Crippen LogP contribution in [0.25, 0.3) is 0 Å². The van der Waals surface area contributed by atoms with Gasteiger partial charge in [-0.1, -0.05) is 41.4 Å². The van der Waals surface area contributed by atoms with Crippen molar-refractivity contribution in [2.75, 3.05) is 10.2 Å². The van der Waals surface area contributed by atoms with Gasteiger partial charge in [-0.2, -0.15) is 0 Å². The highest BCUT2D eigenvalue weighted by molar-refractivity contribution is 6.35. The Kier molecular flexibility index (Phi) is 4.07. The van der Waals surface area contributed by atoms with Crippen LogP contribution in [0, 0.1) is 0 Å². The number of halogens is 2. The summed E-state index contributed by atoms with van der Waals surface area (Å²) in [6.07, 6.45) is 1.24. The topological polar surface area (TPSA) is 45.2 Å². The van der Waals surface area contributed by atoms with Crippen LogP contribution in [0.1, 0.15) is 22.2 Å². The molecule has 1 aliphatic heterocycles. The van der Waals surface area contributed by atoms with Gasteiger partial charge in [-0.05, 0) is 42.5 Å². The van der Waals surface area contributed by atoms with Crippen LogP contribution in [-0.4, -0.2) is 10.9 Å². The molecule has 0 radical (unpaired) electrons. The van der Waals surface area contributed by atoms with E-state index in [0.717, 1.165) is 11.4 Å². The van der Waals surface area contributed by atoms with E-state index in [1.54, 1.807) is 41.4 Å². The number of nitrogens with zero attached hydrogens (tertiary/aromatic N) is 2. The maximum absolute atomic E-state index is 12.9. The summed E-state index contributed by atoms with van der Waals surface area (Å²) < 4.78 is 0. The summed E-state index contributed by atoms with van der Waals surface area (Å²) in [5.74, 6) is -0.0973. The Balaban J connectivity index is 1.79. The smallest absolute Gasteiger partial charge is 0.262 e. The number of hydrogen-bond donors (Lipinski definition) is 1. The normalized spacial score (nSPS) is 16.0. The van der Waals surface area contributed by atoms with Gasteiger partial charge in [-0.25, -0.2) is 0 Å². The molecule has 0 saturated carbocycles.